The minimum atomic E-state index is -0.297. The van der Waals surface area contributed by atoms with Gasteiger partial charge in [0.05, 0.1) is 23.7 Å². The largest absolute Gasteiger partial charge is 0.382 e. The van der Waals surface area contributed by atoms with E-state index in [4.69, 9.17) is 5.73 Å². The summed E-state index contributed by atoms with van der Waals surface area (Å²) in [5, 5.41) is 5.34. The molecule has 0 bridgehead atoms. The van der Waals surface area contributed by atoms with Crippen LogP contribution in [0.15, 0.2) is 42.6 Å². The fraction of sp³-hybridized carbons (Fsp3) is 0.0588. The minimum Gasteiger partial charge on any atom is -0.382 e. The maximum Gasteiger partial charge on any atom is 0.199 e. The monoisotopic (exact) mass is 378 g/mol. The van der Waals surface area contributed by atoms with Gasteiger partial charge in [0.15, 0.2) is 28.5 Å². The zero-order valence-corrected chi connectivity index (χ0v) is 14.6. The molecule has 0 atom stereocenters. The van der Waals surface area contributed by atoms with Crippen molar-refractivity contribution in [2.24, 2.45) is 0 Å². The quantitative estimate of drug-likeness (QED) is 0.514. The maximum absolute atomic E-state index is 14.1. The van der Waals surface area contributed by atoms with Gasteiger partial charge in [-0.2, -0.15) is 13.8 Å². The van der Waals surface area contributed by atoms with Gasteiger partial charge >= 0.3 is 0 Å². The van der Waals surface area contributed by atoms with E-state index < -0.39 is 0 Å². The van der Waals surface area contributed by atoms with Gasteiger partial charge in [-0.15, -0.1) is 0 Å². The van der Waals surface area contributed by atoms with Crippen molar-refractivity contribution in [2.75, 3.05) is 5.73 Å². The number of nitrogens with zero attached hydrogens (tertiary/aromatic N) is 7. The molecule has 0 saturated heterocycles. The first-order chi connectivity index (χ1) is 13.2. The van der Waals surface area contributed by atoms with Crippen molar-refractivity contribution < 1.29 is 4.39 Å². The second kappa shape index (κ2) is 6.02. The van der Waals surface area contributed by atoms with Crippen molar-refractivity contribution in [3.63, 3.8) is 0 Å². The van der Waals surface area contributed by atoms with E-state index in [1.165, 1.54) is 6.07 Å². The summed E-state index contributed by atoms with van der Waals surface area (Å²) < 4.78 is 23.9. The first-order valence-electron chi connectivity index (χ1n) is 8.02. The number of benzene rings is 1. The lowest BCUT2D eigenvalue weighted by Gasteiger charge is -2.04. The number of aromatic nitrogens is 7. The molecule has 27 heavy (non-hydrogen) atoms. The summed E-state index contributed by atoms with van der Waals surface area (Å²) in [6.45, 7) is 0.232. The lowest BCUT2D eigenvalue weighted by atomic mass is 10.2. The van der Waals surface area contributed by atoms with Gasteiger partial charge in [-0.05, 0) is 18.2 Å². The molecule has 4 aromatic heterocycles. The SMILES string of the molecule is Nc1nc(-c2nn(Cc3ccccc3F)c3ncccc23)nc2nsnc12. The van der Waals surface area contributed by atoms with Crippen molar-refractivity contribution in [3.05, 3.63) is 54.0 Å². The number of hydrogen-bond donors (Lipinski definition) is 1. The Labute approximate surface area is 155 Å². The first kappa shape index (κ1) is 15.7. The number of pyridine rings is 1. The molecule has 2 N–H and O–H groups in total. The molecular formula is C17H11FN8S. The Morgan fingerprint density at radius 3 is 2.85 bits per heavy atom. The van der Waals surface area contributed by atoms with Gasteiger partial charge in [-0.3, -0.25) is 0 Å². The van der Waals surface area contributed by atoms with E-state index in [2.05, 4.69) is 28.8 Å². The van der Waals surface area contributed by atoms with Crippen LogP contribution in [0.3, 0.4) is 0 Å². The van der Waals surface area contributed by atoms with Crippen LogP contribution >= 0.6 is 11.7 Å². The van der Waals surface area contributed by atoms with E-state index in [1.807, 2.05) is 6.07 Å². The van der Waals surface area contributed by atoms with Crippen LogP contribution < -0.4 is 5.73 Å². The number of hydrogen-bond acceptors (Lipinski definition) is 8. The molecule has 10 heteroatoms. The Morgan fingerprint density at radius 1 is 1.07 bits per heavy atom. The second-order valence-electron chi connectivity index (χ2n) is 5.84. The average molecular weight is 378 g/mol. The minimum absolute atomic E-state index is 0.232. The second-order valence-corrected chi connectivity index (χ2v) is 6.37. The number of halogens is 1. The zero-order valence-electron chi connectivity index (χ0n) is 13.7. The number of fused-ring (bicyclic) bond motifs is 2. The lowest BCUT2D eigenvalue weighted by Crippen LogP contribution is -2.05. The summed E-state index contributed by atoms with van der Waals surface area (Å²) in [5.74, 6) is 0.275. The smallest absolute Gasteiger partial charge is 0.199 e. The standard InChI is InChI=1S/C17H11FN8S/c18-11-6-2-1-4-9(11)8-26-17-10(5-3-7-20-17)12(23-26)15-21-14(19)13-16(22-15)25-27-24-13/h1-7H,8H2,(H2,19,21,22,25). The van der Waals surface area contributed by atoms with Gasteiger partial charge in [-0.1, -0.05) is 18.2 Å². The van der Waals surface area contributed by atoms with E-state index in [1.54, 1.807) is 35.1 Å². The number of rotatable bonds is 3. The summed E-state index contributed by atoms with van der Waals surface area (Å²) in [5.41, 5.74) is 8.50. The highest BCUT2D eigenvalue weighted by atomic mass is 32.1. The molecule has 0 spiro atoms. The molecular weight excluding hydrogens is 367 g/mol. The van der Waals surface area contributed by atoms with Gasteiger partial charge in [-0.25, -0.2) is 24.0 Å². The fourth-order valence-electron chi connectivity index (χ4n) is 2.89. The molecule has 0 unspecified atom stereocenters. The molecule has 0 amide bonds. The fourth-order valence-corrected chi connectivity index (χ4v) is 3.39. The van der Waals surface area contributed by atoms with Crippen LogP contribution in [0.2, 0.25) is 0 Å². The Morgan fingerprint density at radius 2 is 1.96 bits per heavy atom. The topological polar surface area (TPSA) is 108 Å². The molecule has 0 radical (unpaired) electrons. The van der Waals surface area contributed by atoms with E-state index in [9.17, 15) is 4.39 Å². The van der Waals surface area contributed by atoms with Gasteiger partial charge < -0.3 is 5.73 Å². The van der Waals surface area contributed by atoms with E-state index in [0.717, 1.165) is 17.1 Å². The maximum atomic E-state index is 14.1. The summed E-state index contributed by atoms with van der Waals surface area (Å²) in [4.78, 5) is 13.1. The predicted molar refractivity (Wildman–Crippen MR) is 99.4 cm³/mol. The number of nitrogens with two attached hydrogens (primary N) is 1. The third kappa shape index (κ3) is 2.57. The molecule has 132 valence electrons. The van der Waals surface area contributed by atoms with Crippen LogP contribution in [0.5, 0.6) is 0 Å². The van der Waals surface area contributed by atoms with Crippen molar-refractivity contribution in [2.45, 2.75) is 6.54 Å². The molecule has 0 aliphatic rings. The zero-order chi connectivity index (χ0) is 18.4. The molecule has 0 aliphatic carbocycles. The van der Waals surface area contributed by atoms with Gasteiger partial charge in [0.1, 0.15) is 11.5 Å². The molecule has 1 aromatic carbocycles. The van der Waals surface area contributed by atoms with Crippen LogP contribution in [0.1, 0.15) is 5.56 Å². The number of anilines is 1. The van der Waals surface area contributed by atoms with Crippen molar-refractivity contribution in [3.8, 4) is 11.5 Å². The van der Waals surface area contributed by atoms with Crippen LogP contribution in [0.25, 0.3) is 33.7 Å². The Kier molecular flexibility index (Phi) is 3.50. The average Bonchev–Trinajstić information content (AvgIpc) is 3.29. The predicted octanol–water partition coefficient (Wildman–Crippen LogP) is 2.66. The highest BCUT2D eigenvalue weighted by Gasteiger charge is 2.19. The summed E-state index contributed by atoms with van der Waals surface area (Å²) in [6, 6.07) is 10.2. The molecule has 0 fully saturated rings. The summed E-state index contributed by atoms with van der Waals surface area (Å²) in [6.07, 6.45) is 1.66. The molecule has 5 rings (SSSR count). The normalized spacial score (nSPS) is 11.4. The van der Waals surface area contributed by atoms with Gasteiger partial charge in [0, 0.05) is 11.8 Å². The van der Waals surface area contributed by atoms with Crippen LogP contribution in [-0.2, 0) is 6.54 Å². The summed E-state index contributed by atoms with van der Waals surface area (Å²) in [7, 11) is 0. The van der Waals surface area contributed by atoms with Crippen molar-refractivity contribution in [1.82, 2.24) is 33.5 Å². The summed E-state index contributed by atoms with van der Waals surface area (Å²) >= 11 is 1.02. The highest BCUT2D eigenvalue weighted by molar-refractivity contribution is 7.00. The Balaban J connectivity index is 1.70. The third-order valence-corrected chi connectivity index (χ3v) is 4.67. The van der Waals surface area contributed by atoms with E-state index in [-0.39, 0.29) is 18.2 Å². The first-order valence-corrected chi connectivity index (χ1v) is 8.75. The number of nitrogen functional groups attached to an aromatic ring is 1. The molecule has 0 saturated carbocycles. The van der Waals surface area contributed by atoms with E-state index >= 15 is 0 Å². The molecule has 8 nitrogen and oxygen atoms in total. The third-order valence-electron chi connectivity index (χ3n) is 4.15. The van der Waals surface area contributed by atoms with Crippen molar-refractivity contribution >= 4 is 39.7 Å². The highest BCUT2D eigenvalue weighted by Crippen LogP contribution is 2.27. The molecule has 5 aromatic rings. The lowest BCUT2D eigenvalue weighted by molar-refractivity contribution is 0.589. The van der Waals surface area contributed by atoms with Gasteiger partial charge in [0.2, 0.25) is 0 Å². The molecule has 4 heterocycles. The van der Waals surface area contributed by atoms with Gasteiger partial charge in [0.25, 0.3) is 0 Å². The van der Waals surface area contributed by atoms with Crippen LogP contribution in [-0.4, -0.2) is 33.5 Å². The van der Waals surface area contributed by atoms with Crippen molar-refractivity contribution in [1.29, 1.82) is 0 Å². The Hall–Kier alpha value is -3.53. The molecule has 0 aliphatic heterocycles. The van der Waals surface area contributed by atoms with Crippen LogP contribution in [0.4, 0.5) is 10.2 Å². The van der Waals surface area contributed by atoms with E-state index in [0.29, 0.717) is 33.9 Å². The van der Waals surface area contributed by atoms with Crippen LogP contribution in [0, 0.1) is 5.82 Å². The Bertz CT molecular complexity index is 1290.